The first kappa shape index (κ1) is 14.1. The maximum atomic E-state index is 12.4. The van der Waals surface area contributed by atoms with E-state index < -0.39 is 10.0 Å². The van der Waals surface area contributed by atoms with Gasteiger partial charge in [-0.05, 0) is 49.4 Å². The number of nitrogens with zero attached hydrogens (tertiary/aromatic N) is 2. The van der Waals surface area contributed by atoms with E-state index in [1.54, 1.807) is 36.4 Å². The van der Waals surface area contributed by atoms with Gasteiger partial charge in [0.1, 0.15) is 5.82 Å². The molecule has 0 saturated carbocycles. The Morgan fingerprint density at radius 1 is 1.18 bits per heavy atom. The van der Waals surface area contributed by atoms with E-state index >= 15 is 0 Å². The molecule has 0 aliphatic rings. The first-order chi connectivity index (χ1) is 10.5. The van der Waals surface area contributed by atoms with Gasteiger partial charge in [0.05, 0.1) is 27.6 Å². The van der Waals surface area contributed by atoms with E-state index in [9.17, 15) is 8.42 Å². The summed E-state index contributed by atoms with van der Waals surface area (Å²) in [6, 6.07) is 12.9. The highest BCUT2D eigenvalue weighted by Gasteiger charge is 2.15. The number of nitriles is 1. The van der Waals surface area contributed by atoms with Gasteiger partial charge in [0.15, 0.2) is 0 Å². The number of hydrogen-bond donors (Lipinski definition) is 2. The van der Waals surface area contributed by atoms with E-state index in [1.807, 2.05) is 13.0 Å². The molecule has 2 aromatic carbocycles. The zero-order valence-corrected chi connectivity index (χ0v) is 12.5. The average molecular weight is 312 g/mol. The van der Waals surface area contributed by atoms with E-state index in [1.165, 1.54) is 6.07 Å². The highest BCUT2D eigenvalue weighted by Crippen LogP contribution is 2.20. The number of aromatic amines is 1. The second kappa shape index (κ2) is 5.16. The Kier molecular flexibility index (Phi) is 3.31. The SMILES string of the molecule is Cc1nc2ccc(S(=O)(=O)Nc3ccc(C#N)cc3)cc2[nH]1. The maximum Gasteiger partial charge on any atom is 0.261 e. The molecule has 0 atom stereocenters. The number of nitrogens with one attached hydrogen (secondary N) is 2. The molecule has 0 radical (unpaired) electrons. The lowest BCUT2D eigenvalue weighted by Crippen LogP contribution is -2.12. The first-order valence-electron chi connectivity index (χ1n) is 6.47. The number of sulfonamides is 1. The summed E-state index contributed by atoms with van der Waals surface area (Å²) in [5.74, 6) is 0.726. The Hall–Kier alpha value is -2.85. The van der Waals surface area contributed by atoms with Crippen molar-refractivity contribution in [3.8, 4) is 6.07 Å². The number of imidazole rings is 1. The lowest BCUT2D eigenvalue weighted by molar-refractivity contribution is 0.601. The van der Waals surface area contributed by atoms with Gasteiger partial charge in [-0.2, -0.15) is 5.26 Å². The van der Waals surface area contributed by atoms with E-state index in [4.69, 9.17) is 5.26 Å². The van der Waals surface area contributed by atoms with Gasteiger partial charge in [-0.25, -0.2) is 13.4 Å². The maximum absolute atomic E-state index is 12.4. The Morgan fingerprint density at radius 2 is 1.91 bits per heavy atom. The lowest BCUT2D eigenvalue weighted by Gasteiger charge is -2.08. The monoisotopic (exact) mass is 312 g/mol. The molecular weight excluding hydrogens is 300 g/mol. The molecule has 0 spiro atoms. The van der Waals surface area contributed by atoms with Crippen LogP contribution in [0.15, 0.2) is 47.4 Å². The van der Waals surface area contributed by atoms with Crippen molar-refractivity contribution in [2.75, 3.05) is 4.72 Å². The normalized spacial score (nSPS) is 11.3. The minimum absolute atomic E-state index is 0.146. The van der Waals surface area contributed by atoms with Crippen molar-refractivity contribution >= 4 is 26.7 Å². The predicted molar refractivity (Wildman–Crippen MR) is 82.8 cm³/mol. The van der Waals surface area contributed by atoms with Crippen LogP contribution in [-0.4, -0.2) is 18.4 Å². The third-order valence-corrected chi connectivity index (χ3v) is 4.53. The Morgan fingerprint density at radius 3 is 2.59 bits per heavy atom. The van der Waals surface area contributed by atoms with Crippen molar-refractivity contribution in [1.29, 1.82) is 5.26 Å². The molecule has 7 heteroatoms. The average Bonchev–Trinajstić information content (AvgIpc) is 2.86. The molecule has 0 aliphatic heterocycles. The summed E-state index contributed by atoms with van der Waals surface area (Å²) in [5.41, 5.74) is 2.26. The van der Waals surface area contributed by atoms with Crippen LogP contribution in [0.25, 0.3) is 11.0 Å². The van der Waals surface area contributed by atoms with Gasteiger partial charge in [-0.1, -0.05) is 0 Å². The second-order valence-corrected chi connectivity index (χ2v) is 6.48. The van der Waals surface area contributed by atoms with Crippen LogP contribution in [0.3, 0.4) is 0 Å². The first-order valence-corrected chi connectivity index (χ1v) is 7.95. The van der Waals surface area contributed by atoms with Crippen LogP contribution in [0, 0.1) is 18.3 Å². The van der Waals surface area contributed by atoms with Crippen molar-refractivity contribution in [3.05, 3.63) is 53.9 Å². The topological polar surface area (TPSA) is 98.6 Å². The summed E-state index contributed by atoms with van der Waals surface area (Å²) >= 11 is 0. The molecule has 110 valence electrons. The van der Waals surface area contributed by atoms with Gasteiger partial charge in [0.25, 0.3) is 10.0 Å². The minimum Gasteiger partial charge on any atom is -0.342 e. The van der Waals surface area contributed by atoms with Crippen molar-refractivity contribution in [2.24, 2.45) is 0 Å². The fourth-order valence-electron chi connectivity index (χ4n) is 2.11. The number of aromatic nitrogens is 2. The van der Waals surface area contributed by atoms with Crippen molar-refractivity contribution in [3.63, 3.8) is 0 Å². The van der Waals surface area contributed by atoms with Crippen molar-refractivity contribution < 1.29 is 8.42 Å². The van der Waals surface area contributed by atoms with Crippen LogP contribution in [0.1, 0.15) is 11.4 Å². The molecule has 0 saturated heterocycles. The van der Waals surface area contributed by atoms with Crippen LogP contribution in [0.5, 0.6) is 0 Å². The smallest absolute Gasteiger partial charge is 0.261 e. The van der Waals surface area contributed by atoms with Crippen LogP contribution >= 0.6 is 0 Å². The molecule has 3 rings (SSSR count). The number of rotatable bonds is 3. The van der Waals surface area contributed by atoms with Crippen LogP contribution in [0.4, 0.5) is 5.69 Å². The van der Waals surface area contributed by atoms with Crippen LogP contribution in [-0.2, 0) is 10.0 Å². The molecule has 1 heterocycles. The van der Waals surface area contributed by atoms with Gasteiger partial charge in [0, 0.05) is 5.69 Å². The third kappa shape index (κ3) is 2.64. The molecule has 6 nitrogen and oxygen atoms in total. The highest BCUT2D eigenvalue weighted by atomic mass is 32.2. The number of anilines is 1. The number of fused-ring (bicyclic) bond motifs is 1. The Balaban J connectivity index is 1.94. The Labute approximate surface area is 127 Å². The zero-order chi connectivity index (χ0) is 15.7. The van der Waals surface area contributed by atoms with Crippen LogP contribution < -0.4 is 4.72 Å². The molecule has 0 amide bonds. The molecule has 0 fully saturated rings. The number of H-pyrrole nitrogens is 1. The molecular formula is C15H12N4O2S. The van der Waals surface area contributed by atoms with Gasteiger partial charge in [0.2, 0.25) is 0 Å². The summed E-state index contributed by atoms with van der Waals surface area (Å²) < 4.78 is 27.3. The fourth-order valence-corrected chi connectivity index (χ4v) is 3.19. The second-order valence-electron chi connectivity index (χ2n) is 4.80. The number of aryl methyl sites for hydroxylation is 1. The summed E-state index contributed by atoms with van der Waals surface area (Å²) in [6.45, 7) is 1.81. The van der Waals surface area contributed by atoms with Crippen molar-refractivity contribution in [1.82, 2.24) is 9.97 Å². The molecule has 0 aliphatic carbocycles. The quantitative estimate of drug-likeness (QED) is 0.776. The Bertz CT molecular complexity index is 983. The summed E-state index contributed by atoms with van der Waals surface area (Å²) in [6.07, 6.45) is 0. The lowest BCUT2D eigenvalue weighted by atomic mass is 10.2. The zero-order valence-electron chi connectivity index (χ0n) is 11.7. The van der Waals surface area contributed by atoms with Gasteiger partial charge in [-0.15, -0.1) is 0 Å². The molecule has 2 N–H and O–H groups in total. The molecule has 3 aromatic rings. The summed E-state index contributed by atoms with van der Waals surface area (Å²) in [4.78, 5) is 7.39. The van der Waals surface area contributed by atoms with Crippen molar-refractivity contribution in [2.45, 2.75) is 11.8 Å². The molecule has 0 unspecified atom stereocenters. The fraction of sp³-hybridized carbons (Fsp3) is 0.0667. The van der Waals surface area contributed by atoms with E-state index in [0.717, 1.165) is 11.3 Å². The van der Waals surface area contributed by atoms with E-state index in [2.05, 4.69) is 14.7 Å². The largest absolute Gasteiger partial charge is 0.342 e. The van der Waals surface area contributed by atoms with Gasteiger partial charge in [-0.3, -0.25) is 4.72 Å². The predicted octanol–water partition coefficient (Wildman–Crippen LogP) is 2.54. The standard InChI is InChI=1S/C15H12N4O2S/c1-10-17-14-7-6-13(8-15(14)18-10)22(20,21)19-12-4-2-11(9-16)3-5-12/h2-8,19H,1H3,(H,17,18). The summed E-state index contributed by atoms with van der Waals surface area (Å²) in [7, 11) is -3.70. The van der Waals surface area contributed by atoms with E-state index in [0.29, 0.717) is 16.8 Å². The molecule has 0 bridgehead atoms. The number of hydrogen-bond acceptors (Lipinski definition) is 4. The van der Waals surface area contributed by atoms with Crippen LogP contribution in [0.2, 0.25) is 0 Å². The summed E-state index contributed by atoms with van der Waals surface area (Å²) in [5, 5.41) is 8.74. The van der Waals surface area contributed by atoms with Gasteiger partial charge >= 0.3 is 0 Å². The van der Waals surface area contributed by atoms with Gasteiger partial charge < -0.3 is 4.98 Å². The highest BCUT2D eigenvalue weighted by molar-refractivity contribution is 7.92. The molecule has 1 aromatic heterocycles. The third-order valence-electron chi connectivity index (χ3n) is 3.15. The molecule has 22 heavy (non-hydrogen) atoms. The number of benzene rings is 2. The minimum atomic E-state index is -3.70. The van der Waals surface area contributed by atoms with E-state index in [-0.39, 0.29) is 4.90 Å².